The van der Waals surface area contributed by atoms with Crippen molar-refractivity contribution in [3.8, 4) is 0 Å². The molecule has 0 aromatic heterocycles. The lowest BCUT2D eigenvalue weighted by Crippen LogP contribution is -2.20. The summed E-state index contributed by atoms with van der Waals surface area (Å²) < 4.78 is 5.23. The van der Waals surface area contributed by atoms with E-state index in [0.717, 1.165) is 5.56 Å². The third-order valence-corrected chi connectivity index (χ3v) is 3.36. The van der Waals surface area contributed by atoms with Crippen molar-refractivity contribution in [1.82, 2.24) is 4.90 Å². The average Bonchev–Trinajstić information content (AvgIpc) is 2.74. The maximum atomic E-state index is 11.6. The molecule has 0 aliphatic carbocycles. The first-order chi connectivity index (χ1) is 9.15. The second-order valence-corrected chi connectivity index (χ2v) is 5.01. The Morgan fingerprint density at radius 1 is 1.37 bits per heavy atom. The number of ether oxygens (including phenoxy) is 1. The molecule has 0 saturated carbocycles. The topological polar surface area (TPSA) is 46.6 Å². The van der Waals surface area contributed by atoms with Crippen LogP contribution >= 0.6 is 0 Å². The van der Waals surface area contributed by atoms with E-state index in [1.54, 1.807) is 11.9 Å². The first-order valence-electron chi connectivity index (χ1n) is 6.58. The molecule has 4 nitrogen and oxygen atoms in total. The summed E-state index contributed by atoms with van der Waals surface area (Å²) in [6.45, 7) is 1.04. The first kappa shape index (κ1) is 13.6. The van der Waals surface area contributed by atoms with Gasteiger partial charge in [0.1, 0.15) is 0 Å². The molecule has 1 amide bonds. The van der Waals surface area contributed by atoms with Gasteiger partial charge in [-0.2, -0.15) is 0 Å². The number of hydrogen-bond donors (Lipinski definition) is 0. The Bertz CT molecular complexity index is 444. The van der Waals surface area contributed by atoms with Gasteiger partial charge >= 0.3 is 5.97 Å². The van der Waals surface area contributed by atoms with Crippen molar-refractivity contribution in [3.05, 3.63) is 35.9 Å². The van der Waals surface area contributed by atoms with E-state index >= 15 is 0 Å². The van der Waals surface area contributed by atoms with E-state index in [1.165, 1.54) is 0 Å². The van der Waals surface area contributed by atoms with Gasteiger partial charge in [-0.25, -0.2) is 0 Å². The molecule has 1 aromatic rings. The Balaban J connectivity index is 1.67. The third-order valence-electron chi connectivity index (χ3n) is 3.36. The lowest BCUT2D eigenvalue weighted by Gasteiger charge is -2.10. The summed E-state index contributed by atoms with van der Waals surface area (Å²) in [5.74, 6) is 0.0920. The maximum absolute atomic E-state index is 11.6. The van der Waals surface area contributed by atoms with Gasteiger partial charge in [-0.05, 0) is 12.0 Å². The number of esters is 1. The molecule has 0 N–H and O–H groups in total. The van der Waals surface area contributed by atoms with E-state index in [1.807, 2.05) is 30.3 Å². The molecular formula is C15H19NO3. The number of aryl methyl sites for hydroxylation is 1. The molecule has 1 aliphatic heterocycles. The fraction of sp³-hybridized carbons (Fsp3) is 0.467. The molecule has 4 heteroatoms. The van der Waals surface area contributed by atoms with Crippen LogP contribution in [0.5, 0.6) is 0 Å². The number of hydrogen-bond acceptors (Lipinski definition) is 3. The van der Waals surface area contributed by atoms with Gasteiger partial charge in [0.05, 0.1) is 6.61 Å². The number of likely N-dealkylation sites (tertiary alicyclic amines) is 1. The highest BCUT2D eigenvalue weighted by Gasteiger charge is 2.27. The van der Waals surface area contributed by atoms with Gasteiger partial charge in [0.2, 0.25) is 5.91 Å². The van der Waals surface area contributed by atoms with Gasteiger partial charge < -0.3 is 9.64 Å². The van der Waals surface area contributed by atoms with E-state index in [0.29, 0.717) is 32.4 Å². The van der Waals surface area contributed by atoms with Crippen LogP contribution in [0.2, 0.25) is 0 Å². The number of carbonyl (C=O) groups is 2. The summed E-state index contributed by atoms with van der Waals surface area (Å²) in [6, 6.07) is 9.87. The van der Waals surface area contributed by atoms with Crippen LogP contribution in [-0.4, -0.2) is 37.0 Å². The van der Waals surface area contributed by atoms with Crippen molar-refractivity contribution in [2.75, 3.05) is 20.2 Å². The molecular weight excluding hydrogens is 242 g/mol. The number of rotatable bonds is 5. The third kappa shape index (κ3) is 4.09. The predicted octanol–water partition coefficient (Wildman–Crippen LogP) is 1.64. The van der Waals surface area contributed by atoms with Crippen molar-refractivity contribution in [1.29, 1.82) is 0 Å². The summed E-state index contributed by atoms with van der Waals surface area (Å²) in [6.07, 6.45) is 1.58. The van der Waals surface area contributed by atoms with Gasteiger partial charge in [0.15, 0.2) is 0 Å². The van der Waals surface area contributed by atoms with E-state index in [9.17, 15) is 9.59 Å². The van der Waals surface area contributed by atoms with Crippen molar-refractivity contribution in [3.63, 3.8) is 0 Å². The first-order valence-corrected chi connectivity index (χ1v) is 6.58. The monoisotopic (exact) mass is 261 g/mol. The summed E-state index contributed by atoms with van der Waals surface area (Å²) in [5, 5.41) is 0. The summed E-state index contributed by atoms with van der Waals surface area (Å²) in [7, 11) is 1.78. The molecule has 1 atom stereocenters. The van der Waals surface area contributed by atoms with Crippen LogP contribution in [0.3, 0.4) is 0 Å². The number of benzene rings is 1. The standard InChI is InChI=1S/C15H19NO3/c1-16-10-13(9-14(16)17)11-19-15(18)8-7-12-5-3-2-4-6-12/h2-6,13H,7-11H2,1H3/t13-/m1/s1. The van der Waals surface area contributed by atoms with Gasteiger partial charge in [-0.3, -0.25) is 9.59 Å². The minimum Gasteiger partial charge on any atom is -0.465 e. The van der Waals surface area contributed by atoms with Crippen LogP contribution in [0, 0.1) is 5.92 Å². The van der Waals surface area contributed by atoms with E-state index < -0.39 is 0 Å². The SMILES string of the molecule is CN1C[C@H](COC(=O)CCc2ccccc2)CC1=O. The zero-order valence-corrected chi connectivity index (χ0v) is 11.2. The van der Waals surface area contributed by atoms with E-state index in [4.69, 9.17) is 4.74 Å². The molecule has 1 fully saturated rings. The van der Waals surface area contributed by atoms with Gasteiger partial charge in [-0.15, -0.1) is 0 Å². The second kappa shape index (κ2) is 6.36. The van der Waals surface area contributed by atoms with E-state index in [-0.39, 0.29) is 17.8 Å². The lowest BCUT2D eigenvalue weighted by molar-refractivity contribution is -0.145. The summed E-state index contributed by atoms with van der Waals surface area (Å²) in [5.41, 5.74) is 1.13. The smallest absolute Gasteiger partial charge is 0.306 e. The van der Waals surface area contributed by atoms with Crippen LogP contribution in [0.1, 0.15) is 18.4 Å². The molecule has 0 bridgehead atoms. The molecule has 0 radical (unpaired) electrons. The Morgan fingerprint density at radius 2 is 2.11 bits per heavy atom. The Morgan fingerprint density at radius 3 is 2.74 bits per heavy atom. The Hall–Kier alpha value is -1.84. The highest BCUT2D eigenvalue weighted by molar-refractivity contribution is 5.78. The molecule has 19 heavy (non-hydrogen) atoms. The molecule has 1 aliphatic rings. The minimum atomic E-state index is -0.189. The van der Waals surface area contributed by atoms with Gasteiger partial charge in [-0.1, -0.05) is 30.3 Å². The molecule has 0 unspecified atom stereocenters. The zero-order valence-electron chi connectivity index (χ0n) is 11.2. The van der Waals surface area contributed by atoms with E-state index in [2.05, 4.69) is 0 Å². The molecule has 1 aromatic carbocycles. The van der Waals surface area contributed by atoms with Crippen molar-refractivity contribution in [2.24, 2.45) is 5.92 Å². The summed E-state index contributed by atoms with van der Waals surface area (Å²) in [4.78, 5) is 24.6. The normalized spacial score (nSPS) is 18.7. The predicted molar refractivity (Wildman–Crippen MR) is 71.5 cm³/mol. The highest BCUT2D eigenvalue weighted by atomic mass is 16.5. The number of carbonyl (C=O) groups excluding carboxylic acids is 2. The molecule has 1 heterocycles. The molecule has 2 rings (SSSR count). The van der Waals surface area contributed by atoms with Crippen LogP contribution in [-0.2, 0) is 20.7 Å². The average molecular weight is 261 g/mol. The minimum absolute atomic E-state index is 0.130. The highest BCUT2D eigenvalue weighted by Crippen LogP contribution is 2.16. The largest absolute Gasteiger partial charge is 0.465 e. The Kier molecular flexibility index (Phi) is 4.55. The van der Waals surface area contributed by atoms with Crippen LogP contribution in [0.4, 0.5) is 0 Å². The quantitative estimate of drug-likeness (QED) is 0.757. The fourth-order valence-electron chi connectivity index (χ4n) is 2.24. The van der Waals surface area contributed by atoms with Crippen molar-refractivity contribution < 1.29 is 14.3 Å². The second-order valence-electron chi connectivity index (χ2n) is 5.01. The molecule has 1 saturated heterocycles. The fourth-order valence-corrected chi connectivity index (χ4v) is 2.24. The maximum Gasteiger partial charge on any atom is 0.306 e. The molecule has 0 spiro atoms. The van der Waals surface area contributed by atoms with Gasteiger partial charge in [0.25, 0.3) is 0 Å². The number of nitrogens with zero attached hydrogens (tertiary/aromatic N) is 1. The zero-order chi connectivity index (χ0) is 13.7. The van der Waals surface area contributed by atoms with Crippen LogP contribution in [0.25, 0.3) is 0 Å². The van der Waals surface area contributed by atoms with Crippen LogP contribution < -0.4 is 0 Å². The van der Waals surface area contributed by atoms with Crippen molar-refractivity contribution >= 4 is 11.9 Å². The van der Waals surface area contributed by atoms with Crippen molar-refractivity contribution in [2.45, 2.75) is 19.3 Å². The lowest BCUT2D eigenvalue weighted by atomic mass is 10.1. The Labute approximate surface area is 113 Å². The summed E-state index contributed by atoms with van der Waals surface area (Å²) >= 11 is 0. The van der Waals surface area contributed by atoms with Gasteiger partial charge in [0, 0.05) is 32.4 Å². The van der Waals surface area contributed by atoms with Crippen LogP contribution in [0.15, 0.2) is 30.3 Å². The molecule has 102 valence electrons. The number of amides is 1.